The van der Waals surface area contributed by atoms with Crippen molar-refractivity contribution in [1.82, 2.24) is 0 Å². The van der Waals surface area contributed by atoms with Crippen molar-refractivity contribution in [2.45, 2.75) is 0 Å². The van der Waals surface area contributed by atoms with E-state index < -0.39 is 178 Å². The SMILES string of the molecule is [2H]c1c([2H])c([2H])c(-c2cc(F)c(N(C3=CC=C4C=CC5=C(N(c6cccc(C#N)c6)c6c(F)cc(-c7c([2H])c([2H])c([2H])c([2H])c7[2H])cc6-c6c([2H])c([2H])c([2H])c([2H])c6[2H])C=CC6=CC=C3C4C65)c3cccc(C#N)c3)c(-c3c([2H])c([2H])c([2H])c([2H])c3[2H])c2)c([2H])c1[2H]. The van der Waals surface area contributed by atoms with Crippen LogP contribution < -0.4 is 9.80 Å². The Morgan fingerprint density at radius 3 is 1.43 bits per heavy atom. The van der Waals surface area contributed by atoms with Gasteiger partial charge in [-0.2, -0.15) is 10.5 Å². The van der Waals surface area contributed by atoms with Gasteiger partial charge in [0.15, 0.2) is 0 Å². The van der Waals surface area contributed by atoms with Gasteiger partial charge in [-0.1, -0.05) is 169 Å². The van der Waals surface area contributed by atoms with Crippen LogP contribution in [-0.4, -0.2) is 0 Å². The Kier molecular flexibility index (Phi) is 6.88. The number of halogens is 2. The summed E-state index contributed by atoms with van der Waals surface area (Å²) in [5.41, 5.74) is -1.19. The number of nitrogens with zero attached hydrogens (tertiary/aromatic N) is 4. The van der Waals surface area contributed by atoms with E-state index in [4.69, 9.17) is 21.9 Å². The minimum Gasteiger partial charge on any atom is -0.307 e. The third kappa shape index (κ3) is 7.69. The Labute approximate surface area is 445 Å². The molecule has 4 nitrogen and oxygen atoms in total. The molecule has 0 aromatic heterocycles. The van der Waals surface area contributed by atoms with E-state index in [9.17, 15) is 16.0 Å². The van der Waals surface area contributed by atoms with Crippen LogP contribution in [0.4, 0.5) is 31.5 Å². The lowest BCUT2D eigenvalue weighted by Crippen LogP contribution is -2.35. The zero-order valence-electron chi connectivity index (χ0n) is 57.2. The van der Waals surface area contributed by atoms with Crippen molar-refractivity contribution < 1.29 is 36.2 Å². The van der Waals surface area contributed by atoms with Crippen molar-refractivity contribution in [3.8, 4) is 56.6 Å². The Morgan fingerprint density at radius 2 is 0.903 bits per heavy atom. The molecule has 2 atom stereocenters. The van der Waals surface area contributed by atoms with Gasteiger partial charge in [-0.15, -0.1) is 0 Å². The van der Waals surface area contributed by atoms with Crippen LogP contribution in [0.15, 0.2) is 276 Å². The highest BCUT2D eigenvalue weighted by atomic mass is 19.1. The minimum absolute atomic E-state index is 0.0884. The lowest BCUT2D eigenvalue weighted by molar-refractivity contribution is 0.550. The van der Waals surface area contributed by atoms with E-state index in [0.29, 0.717) is 22.3 Å². The molecule has 0 radical (unpaired) electrons. The molecule has 6 heteroatoms. The first kappa shape index (κ1) is 27.0. The van der Waals surface area contributed by atoms with Crippen LogP contribution in [0.5, 0.6) is 0 Å². The summed E-state index contributed by atoms with van der Waals surface area (Å²) in [6, 6.07) is 5.12. The van der Waals surface area contributed by atoms with Crippen LogP contribution in [0.1, 0.15) is 38.5 Å². The first-order valence-electron chi connectivity index (χ1n) is 32.2. The molecule has 8 aromatic carbocycles. The second-order valence-corrected chi connectivity index (χ2v) is 16.7. The molecule has 12 rings (SSSR count). The molecule has 0 fully saturated rings. The Hall–Kier alpha value is -9.62. The molecule has 72 heavy (non-hydrogen) atoms. The molecule has 4 aliphatic carbocycles. The Bertz CT molecular complexity index is 4920. The lowest BCUT2D eigenvalue weighted by Gasteiger charge is -2.45. The zero-order valence-corrected chi connectivity index (χ0v) is 37.2. The van der Waals surface area contributed by atoms with E-state index in [1.54, 1.807) is 60.7 Å². The molecule has 0 spiro atoms. The smallest absolute Gasteiger partial charge is 0.148 e. The van der Waals surface area contributed by atoms with Crippen molar-refractivity contribution in [3.05, 3.63) is 299 Å². The predicted molar refractivity (Wildman–Crippen MR) is 286 cm³/mol. The van der Waals surface area contributed by atoms with E-state index in [1.807, 2.05) is 0 Å². The van der Waals surface area contributed by atoms with Gasteiger partial charge in [-0.3, -0.25) is 0 Å². The highest BCUT2D eigenvalue weighted by molar-refractivity contribution is 5.92. The summed E-state index contributed by atoms with van der Waals surface area (Å²) < 4.78 is 212. The van der Waals surface area contributed by atoms with Crippen LogP contribution >= 0.6 is 0 Å². The van der Waals surface area contributed by atoms with E-state index in [2.05, 4.69) is 12.1 Å². The summed E-state index contributed by atoms with van der Waals surface area (Å²) in [7, 11) is 0. The quantitative estimate of drug-likeness (QED) is 0.137. The summed E-state index contributed by atoms with van der Waals surface area (Å²) in [4.78, 5) is 2.80. The monoisotopic (exact) mass is 948 g/mol. The van der Waals surface area contributed by atoms with Crippen molar-refractivity contribution in [2.75, 3.05) is 9.80 Å². The first-order valence-corrected chi connectivity index (χ1v) is 22.2. The Balaban J connectivity index is 1.12. The van der Waals surface area contributed by atoms with Crippen LogP contribution in [0.25, 0.3) is 44.5 Å². The number of hydrogen-bond donors (Lipinski definition) is 0. The second-order valence-electron chi connectivity index (χ2n) is 16.7. The predicted octanol–water partition coefficient (Wildman–Crippen LogP) is 16.7. The van der Waals surface area contributed by atoms with Crippen LogP contribution in [-0.2, 0) is 0 Å². The molecule has 0 heterocycles. The van der Waals surface area contributed by atoms with Crippen LogP contribution in [0, 0.1) is 46.1 Å². The van der Waals surface area contributed by atoms with Gasteiger partial charge in [0.05, 0.1) is 73.4 Å². The Morgan fingerprint density at radius 1 is 0.444 bits per heavy atom. The van der Waals surface area contributed by atoms with E-state index in [1.165, 1.54) is 58.3 Å². The first-order chi connectivity index (χ1) is 43.7. The molecule has 0 aliphatic heterocycles. The highest BCUT2D eigenvalue weighted by Crippen LogP contribution is 2.56. The summed E-state index contributed by atoms with van der Waals surface area (Å²) in [5, 5.41) is 20.7. The zero-order chi connectivity index (χ0) is 66.1. The van der Waals surface area contributed by atoms with E-state index in [0.717, 1.165) is 12.1 Å². The fraction of sp³-hybridized carbons (Fsp3) is 0.0303. The molecule has 8 aromatic rings. The van der Waals surface area contributed by atoms with Gasteiger partial charge in [-0.05, 0) is 128 Å². The normalized spacial score (nSPS) is 19.9. The fourth-order valence-electron chi connectivity index (χ4n) is 9.73. The van der Waals surface area contributed by atoms with E-state index >= 15 is 8.78 Å². The number of allylic oxidation sites excluding steroid dienone is 12. The van der Waals surface area contributed by atoms with Gasteiger partial charge >= 0.3 is 0 Å². The second kappa shape index (κ2) is 18.4. The van der Waals surface area contributed by atoms with Gasteiger partial charge in [0.2, 0.25) is 0 Å². The number of anilines is 4. The topological polar surface area (TPSA) is 54.1 Å². The molecule has 0 saturated heterocycles. The standard InChI is InChI=1S/C66H42F2N4/c67-59-39-51(45-17-5-1-6-18-45)37-57(47-21-9-3-10-22-47)65(59)71(53-25-13-15-43(35-53)41-69)61-33-29-49-28-32-56-62(34-30-50-27-31-55(61)63(49)64(50)56)72(54-26-14-16-44(36-54)42-70)66-58(48-23-11-4-12-24-48)38-52(40-60(66)68)46-19-7-2-8-20-46/h1-40,63-64H/i1D,2D,3D,4D,5D,6D,7D,8D,9D,10D,11D,12D,17D,18D,19D,20D,21D,22D,23D,24D. The molecule has 340 valence electrons. The number of hydrogen-bond acceptors (Lipinski definition) is 4. The van der Waals surface area contributed by atoms with Crippen LogP contribution in [0.3, 0.4) is 0 Å². The molecule has 0 amide bonds. The highest BCUT2D eigenvalue weighted by Gasteiger charge is 2.43. The number of benzene rings is 8. The van der Waals surface area contributed by atoms with Gasteiger partial charge in [-0.25, -0.2) is 8.78 Å². The number of rotatable bonds is 10. The fourth-order valence-corrected chi connectivity index (χ4v) is 9.73. The van der Waals surface area contributed by atoms with Crippen LogP contribution in [0.2, 0.25) is 0 Å². The average molecular weight is 949 g/mol. The maximum atomic E-state index is 18.4. The molecule has 4 aliphatic rings. The summed E-state index contributed by atoms with van der Waals surface area (Å²) in [6.45, 7) is 0. The third-order valence-corrected chi connectivity index (χ3v) is 12.7. The maximum absolute atomic E-state index is 18.4. The third-order valence-electron chi connectivity index (χ3n) is 12.7. The molecule has 2 unspecified atom stereocenters. The van der Waals surface area contributed by atoms with Crippen molar-refractivity contribution in [2.24, 2.45) is 11.8 Å². The van der Waals surface area contributed by atoms with Gasteiger partial charge < -0.3 is 9.80 Å². The van der Waals surface area contributed by atoms with Gasteiger partial charge in [0, 0.05) is 34.3 Å². The average Bonchev–Trinajstić information content (AvgIpc) is 0.720. The van der Waals surface area contributed by atoms with Crippen molar-refractivity contribution in [3.63, 3.8) is 0 Å². The van der Waals surface area contributed by atoms with Gasteiger partial charge in [0.25, 0.3) is 0 Å². The molecule has 0 bridgehead atoms. The molecular weight excluding hydrogens is 887 g/mol. The summed E-state index contributed by atoms with van der Waals surface area (Å²) >= 11 is 0. The number of nitriles is 2. The summed E-state index contributed by atoms with van der Waals surface area (Å²) in [5.74, 6) is -3.87. The van der Waals surface area contributed by atoms with Gasteiger partial charge in [0.1, 0.15) is 11.6 Å². The molecular formula is C66H42F2N4. The molecule has 0 N–H and O–H groups in total. The largest absolute Gasteiger partial charge is 0.307 e. The maximum Gasteiger partial charge on any atom is 0.148 e. The lowest BCUT2D eigenvalue weighted by atomic mass is 9.63. The van der Waals surface area contributed by atoms with Crippen molar-refractivity contribution >= 4 is 22.7 Å². The molecule has 0 saturated carbocycles. The summed E-state index contributed by atoms with van der Waals surface area (Å²) in [6.07, 6.45) is 13.9. The minimum atomic E-state index is -1.17. The van der Waals surface area contributed by atoms with Crippen molar-refractivity contribution in [1.29, 1.82) is 10.5 Å². The van der Waals surface area contributed by atoms with E-state index in [-0.39, 0.29) is 56.1 Å².